The number of benzene rings is 2. The summed E-state index contributed by atoms with van der Waals surface area (Å²) in [4.78, 5) is 0. The first kappa shape index (κ1) is 10.8. The summed E-state index contributed by atoms with van der Waals surface area (Å²) in [6.07, 6.45) is 3.83. The van der Waals surface area contributed by atoms with Gasteiger partial charge in [0.2, 0.25) is 6.20 Å². The third-order valence-corrected chi connectivity index (χ3v) is 3.04. The zero-order valence-corrected chi connectivity index (χ0v) is 9.95. The second-order valence-electron chi connectivity index (χ2n) is 4.39. The van der Waals surface area contributed by atoms with E-state index in [4.69, 9.17) is 0 Å². The van der Waals surface area contributed by atoms with E-state index in [1.54, 1.807) is 6.20 Å². The minimum absolute atomic E-state index is 0.323. The van der Waals surface area contributed by atoms with Gasteiger partial charge in [-0.15, -0.1) is 0 Å². The molecule has 0 bridgehead atoms. The second-order valence-corrected chi connectivity index (χ2v) is 4.39. The molecule has 0 radical (unpaired) electrons. The van der Waals surface area contributed by atoms with Crippen LogP contribution in [0.25, 0.3) is 10.8 Å². The van der Waals surface area contributed by atoms with E-state index in [0.29, 0.717) is 5.75 Å². The van der Waals surface area contributed by atoms with Crippen molar-refractivity contribution in [3.63, 3.8) is 0 Å². The van der Waals surface area contributed by atoms with Crippen molar-refractivity contribution in [3.05, 3.63) is 72.6 Å². The normalized spacial score (nSPS) is 10.7. The number of pyridine rings is 1. The number of aromatic nitrogens is 1. The Bertz CT molecular complexity index is 677. The van der Waals surface area contributed by atoms with Gasteiger partial charge in [-0.2, -0.15) is 4.57 Å². The van der Waals surface area contributed by atoms with Crippen LogP contribution < -0.4 is 4.57 Å². The highest BCUT2D eigenvalue weighted by Gasteiger charge is 2.09. The van der Waals surface area contributed by atoms with Gasteiger partial charge in [-0.1, -0.05) is 48.5 Å². The van der Waals surface area contributed by atoms with Gasteiger partial charge < -0.3 is 5.11 Å². The highest BCUT2D eigenvalue weighted by molar-refractivity contribution is 5.85. The topological polar surface area (TPSA) is 24.1 Å². The molecule has 1 aromatic heterocycles. The van der Waals surface area contributed by atoms with Gasteiger partial charge in [0.25, 0.3) is 0 Å². The molecule has 2 nitrogen and oxygen atoms in total. The minimum Gasteiger partial charge on any atom is -0.502 e. The fourth-order valence-corrected chi connectivity index (χ4v) is 2.17. The monoisotopic (exact) mass is 236 g/mol. The molecule has 0 unspecified atom stereocenters. The molecule has 0 saturated carbocycles. The number of rotatable bonds is 2. The van der Waals surface area contributed by atoms with Crippen LogP contribution in [0.15, 0.2) is 67.0 Å². The van der Waals surface area contributed by atoms with Crippen molar-refractivity contribution in [1.29, 1.82) is 0 Å². The molecule has 3 rings (SSSR count). The van der Waals surface area contributed by atoms with Gasteiger partial charge in [0.15, 0.2) is 18.5 Å². The van der Waals surface area contributed by atoms with Crippen molar-refractivity contribution in [3.8, 4) is 5.75 Å². The average molecular weight is 236 g/mol. The molecule has 0 fully saturated rings. The summed E-state index contributed by atoms with van der Waals surface area (Å²) >= 11 is 0. The first-order valence-corrected chi connectivity index (χ1v) is 5.98. The maximum Gasteiger partial charge on any atom is 0.211 e. The zero-order chi connectivity index (χ0) is 12.4. The van der Waals surface area contributed by atoms with Crippen LogP contribution in [-0.4, -0.2) is 5.11 Å². The minimum atomic E-state index is 0.323. The van der Waals surface area contributed by atoms with Gasteiger partial charge in [-0.3, -0.25) is 0 Å². The van der Waals surface area contributed by atoms with Crippen molar-refractivity contribution >= 4 is 10.8 Å². The Morgan fingerprint density at radius 3 is 2.39 bits per heavy atom. The fourth-order valence-electron chi connectivity index (χ4n) is 2.17. The molecule has 0 aliphatic heterocycles. The van der Waals surface area contributed by atoms with E-state index in [-0.39, 0.29) is 0 Å². The van der Waals surface area contributed by atoms with E-state index in [1.807, 2.05) is 47.0 Å². The van der Waals surface area contributed by atoms with Gasteiger partial charge in [-0.25, -0.2) is 0 Å². The molecule has 2 heteroatoms. The Hall–Kier alpha value is -2.35. The van der Waals surface area contributed by atoms with Crippen molar-refractivity contribution < 1.29 is 9.67 Å². The van der Waals surface area contributed by atoms with Crippen LogP contribution in [0.3, 0.4) is 0 Å². The number of hydrogen-bond donors (Lipinski definition) is 1. The van der Waals surface area contributed by atoms with Crippen molar-refractivity contribution in [2.24, 2.45) is 0 Å². The van der Waals surface area contributed by atoms with Gasteiger partial charge >= 0.3 is 0 Å². The van der Waals surface area contributed by atoms with E-state index in [9.17, 15) is 5.11 Å². The Kier molecular flexibility index (Phi) is 2.69. The molecule has 0 amide bonds. The summed E-state index contributed by atoms with van der Waals surface area (Å²) < 4.78 is 2.01. The number of hydrogen-bond acceptors (Lipinski definition) is 1. The van der Waals surface area contributed by atoms with Crippen LogP contribution in [0.4, 0.5) is 0 Å². The van der Waals surface area contributed by atoms with E-state index in [2.05, 4.69) is 18.3 Å². The lowest BCUT2D eigenvalue weighted by Gasteiger charge is -2.02. The maximum absolute atomic E-state index is 10.0. The predicted octanol–water partition coefficient (Wildman–Crippen LogP) is 2.88. The highest BCUT2D eigenvalue weighted by atomic mass is 16.3. The van der Waals surface area contributed by atoms with Crippen LogP contribution in [0.2, 0.25) is 0 Å². The summed E-state index contributed by atoms with van der Waals surface area (Å²) in [6, 6.07) is 18.1. The molecular formula is C16H14NO+. The van der Waals surface area contributed by atoms with E-state index >= 15 is 0 Å². The molecule has 0 saturated heterocycles. The lowest BCUT2D eigenvalue weighted by molar-refractivity contribution is -0.687. The predicted molar refractivity (Wildman–Crippen MR) is 71.4 cm³/mol. The molecule has 88 valence electrons. The highest BCUT2D eigenvalue weighted by Crippen LogP contribution is 2.21. The number of aromatic hydroxyl groups is 1. The first-order valence-electron chi connectivity index (χ1n) is 5.98. The standard InChI is InChI=1S/C16H13NO/c18-16-12-17(10-13-6-2-1-3-7-13)11-14-8-4-5-9-15(14)16/h1-9,11-12H,10H2/p+1. The number of fused-ring (bicyclic) bond motifs is 1. The maximum atomic E-state index is 10.0. The Balaban J connectivity index is 2.03. The van der Waals surface area contributed by atoms with Crippen LogP contribution >= 0.6 is 0 Å². The Morgan fingerprint density at radius 2 is 1.56 bits per heavy atom. The Labute approximate surface area is 106 Å². The van der Waals surface area contributed by atoms with Crippen molar-refractivity contribution in [2.45, 2.75) is 6.54 Å². The molecule has 3 aromatic rings. The van der Waals surface area contributed by atoms with E-state index in [0.717, 1.165) is 17.3 Å². The lowest BCUT2D eigenvalue weighted by atomic mass is 10.1. The summed E-state index contributed by atoms with van der Waals surface area (Å²) in [7, 11) is 0. The summed E-state index contributed by atoms with van der Waals surface area (Å²) in [5.74, 6) is 0.323. The van der Waals surface area contributed by atoms with Gasteiger partial charge in [-0.05, 0) is 6.07 Å². The number of nitrogens with zero attached hydrogens (tertiary/aromatic N) is 1. The fraction of sp³-hybridized carbons (Fsp3) is 0.0625. The molecule has 0 spiro atoms. The smallest absolute Gasteiger partial charge is 0.211 e. The third-order valence-electron chi connectivity index (χ3n) is 3.04. The average Bonchev–Trinajstić information content (AvgIpc) is 2.40. The van der Waals surface area contributed by atoms with Crippen LogP contribution in [0.1, 0.15) is 5.56 Å². The van der Waals surface area contributed by atoms with E-state index < -0.39 is 0 Å². The quantitative estimate of drug-likeness (QED) is 0.680. The summed E-state index contributed by atoms with van der Waals surface area (Å²) in [5.41, 5.74) is 1.22. The van der Waals surface area contributed by atoms with Crippen molar-refractivity contribution in [2.75, 3.05) is 0 Å². The summed E-state index contributed by atoms with van der Waals surface area (Å²) in [5, 5.41) is 11.9. The van der Waals surface area contributed by atoms with Crippen molar-refractivity contribution in [1.82, 2.24) is 0 Å². The van der Waals surface area contributed by atoms with Crippen LogP contribution in [0, 0.1) is 0 Å². The SMILES string of the molecule is Oc1c[n+](Cc2ccccc2)cc2ccccc12. The third kappa shape index (κ3) is 2.05. The zero-order valence-electron chi connectivity index (χ0n) is 9.95. The molecule has 1 N–H and O–H groups in total. The summed E-state index contributed by atoms with van der Waals surface area (Å²) in [6.45, 7) is 0.763. The van der Waals surface area contributed by atoms with Gasteiger partial charge in [0.05, 0.1) is 0 Å². The molecule has 0 atom stereocenters. The molecular weight excluding hydrogens is 222 g/mol. The lowest BCUT2D eigenvalue weighted by Crippen LogP contribution is -2.33. The van der Waals surface area contributed by atoms with Gasteiger partial charge in [0.1, 0.15) is 0 Å². The largest absolute Gasteiger partial charge is 0.502 e. The molecule has 1 heterocycles. The van der Waals surface area contributed by atoms with Gasteiger partial charge in [0, 0.05) is 16.3 Å². The first-order chi connectivity index (χ1) is 8.83. The van der Waals surface area contributed by atoms with Crippen LogP contribution in [-0.2, 0) is 6.54 Å². The molecule has 2 aromatic carbocycles. The molecule has 0 aliphatic rings. The Morgan fingerprint density at radius 1 is 0.833 bits per heavy atom. The van der Waals surface area contributed by atoms with Crippen LogP contribution in [0.5, 0.6) is 5.75 Å². The second kappa shape index (κ2) is 4.49. The molecule has 18 heavy (non-hydrogen) atoms. The van der Waals surface area contributed by atoms with E-state index in [1.165, 1.54) is 5.56 Å². The molecule has 0 aliphatic carbocycles.